The van der Waals surface area contributed by atoms with Gasteiger partial charge >= 0.3 is 6.09 Å². The van der Waals surface area contributed by atoms with Crippen LogP contribution in [0, 0.1) is 0 Å². The molecule has 1 amide bonds. The van der Waals surface area contributed by atoms with Crippen molar-refractivity contribution in [3.8, 4) is 0 Å². The molecule has 0 bridgehead atoms. The van der Waals surface area contributed by atoms with Gasteiger partial charge in [-0.05, 0) is 30.5 Å². The van der Waals surface area contributed by atoms with E-state index in [0.29, 0.717) is 12.8 Å². The van der Waals surface area contributed by atoms with Crippen molar-refractivity contribution in [3.63, 3.8) is 0 Å². The van der Waals surface area contributed by atoms with Gasteiger partial charge in [0.15, 0.2) is 0 Å². The largest absolute Gasteiger partial charge is 0.444 e. The van der Waals surface area contributed by atoms with Crippen molar-refractivity contribution in [1.29, 1.82) is 0 Å². The summed E-state index contributed by atoms with van der Waals surface area (Å²) in [5.41, 5.74) is 1.39. The molecule has 1 N–H and O–H groups in total. The van der Waals surface area contributed by atoms with Gasteiger partial charge < -0.3 is 14.1 Å². The van der Waals surface area contributed by atoms with Gasteiger partial charge in [0.25, 0.3) is 5.56 Å². The highest BCUT2D eigenvalue weighted by Gasteiger charge is 2.24. The maximum absolute atomic E-state index is 12.4. The lowest BCUT2D eigenvalue weighted by molar-refractivity contribution is -0.110. The fourth-order valence-electron chi connectivity index (χ4n) is 2.68. The molecule has 1 atom stereocenters. The molecule has 0 fully saturated rings. The number of carbonyl (C=O) groups excluding carboxylic acids is 2. The van der Waals surface area contributed by atoms with Crippen LogP contribution >= 0.6 is 0 Å². The van der Waals surface area contributed by atoms with E-state index in [1.807, 2.05) is 30.3 Å². The van der Waals surface area contributed by atoms with E-state index in [9.17, 15) is 14.4 Å². The average Bonchev–Trinajstić information content (AvgIpc) is 3.00. The number of hydrogen-bond acceptors (Lipinski definition) is 4. The Balaban J connectivity index is 1.70. The normalized spacial score (nSPS) is 15.7. The molecule has 2 aromatic rings. The number of aryl methyl sites for hydroxylation is 1. The fraction of sp³-hybridized carbons (Fsp3) is 0.235. The Hall–Kier alpha value is -2.89. The molecule has 0 spiro atoms. The number of benzene rings is 1. The van der Waals surface area contributed by atoms with Gasteiger partial charge in [-0.2, -0.15) is 0 Å². The summed E-state index contributed by atoms with van der Waals surface area (Å²) in [6.45, 7) is 0.121. The van der Waals surface area contributed by atoms with Crippen LogP contribution in [0.3, 0.4) is 0 Å². The number of fused-ring (bicyclic) bond motifs is 1. The summed E-state index contributed by atoms with van der Waals surface area (Å²) < 4.78 is 6.52. The first-order chi connectivity index (χ1) is 11.2. The third-order valence-corrected chi connectivity index (χ3v) is 3.84. The monoisotopic (exact) mass is 312 g/mol. The van der Waals surface area contributed by atoms with E-state index in [0.717, 1.165) is 17.5 Å². The second-order valence-corrected chi connectivity index (χ2v) is 5.34. The van der Waals surface area contributed by atoms with Gasteiger partial charge in [0, 0.05) is 5.69 Å². The van der Waals surface area contributed by atoms with Gasteiger partial charge in [-0.1, -0.05) is 30.3 Å². The van der Waals surface area contributed by atoms with Crippen LogP contribution in [0.15, 0.2) is 47.3 Å². The Morgan fingerprint density at radius 2 is 2.04 bits per heavy atom. The number of hydrogen-bond donors (Lipinski definition) is 1. The molecule has 1 aromatic heterocycles. The van der Waals surface area contributed by atoms with Gasteiger partial charge in [0.05, 0.1) is 6.04 Å². The number of aldehydes is 1. The van der Waals surface area contributed by atoms with E-state index in [4.69, 9.17) is 4.74 Å². The SMILES string of the molecule is O=C[C@@H]1CCc2ccc(NC(=O)OCc3ccccc3)c(=O)n21. The third kappa shape index (κ3) is 3.15. The van der Waals surface area contributed by atoms with Crippen molar-refractivity contribution in [2.24, 2.45) is 0 Å². The number of amides is 1. The Bertz CT molecular complexity index is 783. The van der Waals surface area contributed by atoms with Gasteiger partial charge in [-0.3, -0.25) is 10.1 Å². The smallest absolute Gasteiger partial charge is 0.412 e. The number of ether oxygens (including phenoxy) is 1. The number of nitrogens with zero attached hydrogens (tertiary/aromatic N) is 1. The van der Waals surface area contributed by atoms with E-state index < -0.39 is 12.1 Å². The van der Waals surface area contributed by atoms with Crippen LogP contribution in [-0.4, -0.2) is 16.9 Å². The quantitative estimate of drug-likeness (QED) is 0.879. The summed E-state index contributed by atoms with van der Waals surface area (Å²) in [6, 6.07) is 12.1. The second-order valence-electron chi connectivity index (χ2n) is 5.34. The highest BCUT2D eigenvalue weighted by Crippen LogP contribution is 2.22. The van der Waals surface area contributed by atoms with Crippen LogP contribution in [0.5, 0.6) is 0 Å². The topological polar surface area (TPSA) is 77.4 Å². The van der Waals surface area contributed by atoms with Crippen molar-refractivity contribution in [3.05, 3.63) is 64.1 Å². The highest BCUT2D eigenvalue weighted by atomic mass is 16.5. The van der Waals surface area contributed by atoms with Crippen LogP contribution in [0.25, 0.3) is 0 Å². The molecule has 1 aliphatic rings. The zero-order valence-electron chi connectivity index (χ0n) is 12.4. The summed E-state index contributed by atoms with van der Waals surface area (Å²) in [6.07, 6.45) is 1.35. The second kappa shape index (κ2) is 6.48. The number of pyridine rings is 1. The minimum Gasteiger partial charge on any atom is -0.444 e. The van der Waals surface area contributed by atoms with Crippen LogP contribution in [0.1, 0.15) is 23.7 Å². The Morgan fingerprint density at radius 1 is 1.26 bits per heavy atom. The molecular weight excluding hydrogens is 296 g/mol. The van der Waals surface area contributed by atoms with E-state index in [1.54, 1.807) is 12.1 Å². The molecule has 6 heteroatoms. The van der Waals surface area contributed by atoms with Crippen molar-refractivity contribution in [2.45, 2.75) is 25.5 Å². The summed E-state index contributed by atoms with van der Waals surface area (Å²) in [5, 5.41) is 2.44. The summed E-state index contributed by atoms with van der Waals surface area (Å²) in [5.74, 6) is 0. The van der Waals surface area contributed by atoms with Gasteiger partial charge in [-0.25, -0.2) is 4.79 Å². The molecular formula is C17H16N2O4. The van der Waals surface area contributed by atoms with Crippen LogP contribution in [0.2, 0.25) is 0 Å². The first-order valence-electron chi connectivity index (χ1n) is 7.36. The standard InChI is InChI=1S/C17H16N2O4/c20-10-14-7-6-13-8-9-15(16(21)19(13)14)18-17(22)23-11-12-4-2-1-3-5-12/h1-5,8-10,14H,6-7,11H2,(H,18,22)/t14-/m0/s1. The minimum atomic E-state index is -0.702. The van der Waals surface area contributed by atoms with Gasteiger partial charge in [-0.15, -0.1) is 0 Å². The fourth-order valence-corrected chi connectivity index (χ4v) is 2.68. The first kappa shape index (κ1) is 15.0. The Morgan fingerprint density at radius 3 is 2.78 bits per heavy atom. The summed E-state index contributed by atoms with van der Waals surface area (Å²) in [7, 11) is 0. The Kier molecular flexibility index (Phi) is 4.23. The molecule has 0 saturated heterocycles. The first-order valence-corrected chi connectivity index (χ1v) is 7.36. The number of rotatable bonds is 4. The van der Waals surface area contributed by atoms with Gasteiger partial charge in [0.2, 0.25) is 0 Å². The third-order valence-electron chi connectivity index (χ3n) is 3.84. The molecule has 2 heterocycles. The number of anilines is 1. The van der Waals surface area contributed by atoms with Gasteiger partial charge in [0.1, 0.15) is 18.6 Å². The van der Waals surface area contributed by atoms with Crippen LogP contribution < -0.4 is 10.9 Å². The maximum Gasteiger partial charge on any atom is 0.412 e. The van der Waals surface area contributed by atoms with E-state index in [1.165, 1.54) is 4.57 Å². The lowest BCUT2D eigenvalue weighted by Gasteiger charge is -2.11. The molecule has 1 aliphatic heterocycles. The number of aromatic nitrogens is 1. The molecule has 118 valence electrons. The molecule has 0 unspecified atom stereocenters. The molecule has 0 radical (unpaired) electrons. The lowest BCUT2D eigenvalue weighted by atomic mass is 10.2. The zero-order valence-corrected chi connectivity index (χ0v) is 12.4. The van der Waals surface area contributed by atoms with Crippen molar-refractivity contribution < 1.29 is 14.3 Å². The van der Waals surface area contributed by atoms with Crippen LogP contribution in [-0.2, 0) is 22.6 Å². The predicted octanol–water partition coefficient (Wildman–Crippen LogP) is 2.28. The average molecular weight is 312 g/mol. The summed E-state index contributed by atoms with van der Waals surface area (Å²) in [4.78, 5) is 35.3. The van der Waals surface area contributed by atoms with E-state index in [2.05, 4.69) is 5.32 Å². The molecule has 0 saturated carbocycles. The molecule has 6 nitrogen and oxygen atoms in total. The minimum absolute atomic E-state index is 0.112. The van der Waals surface area contributed by atoms with Crippen molar-refractivity contribution in [1.82, 2.24) is 4.57 Å². The molecule has 0 aliphatic carbocycles. The molecule has 3 rings (SSSR count). The van der Waals surface area contributed by atoms with Crippen molar-refractivity contribution >= 4 is 18.1 Å². The molecule has 1 aromatic carbocycles. The van der Waals surface area contributed by atoms with Crippen LogP contribution in [0.4, 0.5) is 10.5 Å². The highest BCUT2D eigenvalue weighted by molar-refractivity contribution is 5.84. The van der Waals surface area contributed by atoms with E-state index >= 15 is 0 Å². The lowest BCUT2D eigenvalue weighted by Crippen LogP contribution is -2.28. The van der Waals surface area contributed by atoms with E-state index in [-0.39, 0.29) is 17.9 Å². The summed E-state index contributed by atoms with van der Waals surface area (Å²) >= 11 is 0. The zero-order chi connectivity index (χ0) is 16.2. The Labute approximate surface area is 132 Å². The maximum atomic E-state index is 12.4. The number of carbonyl (C=O) groups is 2. The predicted molar refractivity (Wildman–Crippen MR) is 84.4 cm³/mol. The molecule has 23 heavy (non-hydrogen) atoms. The number of nitrogens with one attached hydrogen (secondary N) is 1. The van der Waals surface area contributed by atoms with Crippen molar-refractivity contribution in [2.75, 3.05) is 5.32 Å².